The summed E-state index contributed by atoms with van der Waals surface area (Å²) in [5.41, 5.74) is 0. The Morgan fingerprint density at radius 3 is 0.550 bits per heavy atom. The Kier molecular flexibility index (Phi) is 15.3. The fourth-order valence-electron chi connectivity index (χ4n) is 0.277. The van der Waals surface area contributed by atoms with Crippen molar-refractivity contribution in [2.24, 2.45) is 0 Å². The number of phosphoric acid groups is 4. The average Bonchev–Trinajstić information content (AvgIpc) is 1.64. The molecule has 8 N–H and O–H groups in total. The van der Waals surface area contributed by atoms with Crippen LogP contribution >= 0.6 is 31.3 Å². The van der Waals surface area contributed by atoms with Gasteiger partial charge in [-0.1, -0.05) is 0 Å². The van der Waals surface area contributed by atoms with E-state index in [2.05, 4.69) is 8.62 Å². The number of hydrogen-bond donors (Lipinski definition) is 8. The molecule has 0 aliphatic rings. The van der Waals surface area contributed by atoms with Crippen LogP contribution in [0, 0.1) is 0 Å². The van der Waals surface area contributed by atoms with Crippen LogP contribution in [0.15, 0.2) is 0 Å². The standard InChI is InChI=1S/2Fe.2H4O7P2/c;;2*1-8(2,3)7-9(4,5)6/h;;2*(H2,1,2,3)(H2,4,5,6). The summed E-state index contributed by atoms with van der Waals surface area (Å²) in [5.74, 6) is 0. The van der Waals surface area contributed by atoms with Crippen molar-refractivity contribution >= 4 is 31.3 Å². The smallest absolute Gasteiger partial charge is 0.302 e. The SMILES string of the molecule is O=P(O)(O)OP(=O)(O)O.O=P(O)(O)OP(=O)(O)O.[Fe].[Fe]. The van der Waals surface area contributed by atoms with E-state index in [9.17, 15) is 18.3 Å². The molecule has 0 amide bonds. The van der Waals surface area contributed by atoms with Crippen LogP contribution in [0.2, 0.25) is 0 Å². The zero-order valence-corrected chi connectivity index (χ0v) is 14.3. The molecule has 0 aromatic rings. The largest absolute Gasteiger partial charge is 0.478 e. The molecule has 0 aliphatic heterocycles. The van der Waals surface area contributed by atoms with Crippen LogP contribution in [0.3, 0.4) is 0 Å². The molecule has 0 unspecified atom stereocenters. The van der Waals surface area contributed by atoms with E-state index in [0.717, 1.165) is 0 Å². The second-order valence-electron chi connectivity index (χ2n) is 2.13. The Hall–Kier alpha value is 1.56. The van der Waals surface area contributed by atoms with Crippen molar-refractivity contribution in [2.75, 3.05) is 0 Å². The van der Waals surface area contributed by atoms with Gasteiger partial charge in [0.2, 0.25) is 0 Å². The normalized spacial score (nSPS) is 12.4. The van der Waals surface area contributed by atoms with Gasteiger partial charge in [0.05, 0.1) is 0 Å². The van der Waals surface area contributed by atoms with E-state index >= 15 is 0 Å². The van der Waals surface area contributed by atoms with Crippen LogP contribution in [-0.4, -0.2) is 39.1 Å². The first-order valence-corrected chi connectivity index (χ1v) is 9.18. The van der Waals surface area contributed by atoms with Gasteiger partial charge >= 0.3 is 31.3 Å². The molecule has 0 rings (SSSR count). The number of rotatable bonds is 4. The van der Waals surface area contributed by atoms with Gasteiger partial charge in [0.25, 0.3) is 0 Å². The van der Waals surface area contributed by atoms with Crippen molar-refractivity contribution in [1.82, 2.24) is 0 Å². The fraction of sp³-hybridized carbons (Fsp3) is 0. The molecule has 0 fully saturated rings. The van der Waals surface area contributed by atoms with Gasteiger partial charge in [-0.2, -0.15) is 8.62 Å². The molecule has 0 bridgehead atoms. The van der Waals surface area contributed by atoms with Crippen molar-refractivity contribution < 1.29 is 100 Å². The maximum atomic E-state index is 9.63. The first-order valence-electron chi connectivity index (χ1n) is 3.06. The summed E-state index contributed by atoms with van der Waals surface area (Å²) in [6.45, 7) is 0. The van der Waals surface area contributed by atoms with E-state index in [4.69, 9.17) is 39.1 Å². The Bertz CT molecular complexity index is 346. The summed E-state index contributed by atoms with van der Waals surface area (Å²) < 4.78 is 44.4. The zero-order valence-electron chi connectivity index (χ0n) is 8.52. The van der Waals surface area contributed by atoms with Crippen molar-refractivity contribution in [3.8, 4) is 0 Å². The predicted molar refractivity (Wildman–Crippen MR) is 50.3 cm³/mol. The van der Waals surface area contributed by atoms with Crippen LogP contribution in [-0.2, 0) is 61.0 Å². The third-order valence-electron chi connectivity index (χ3n) is 0.425. The molecule has 0 atom stereocenters. The Balaban J connectivity index is -0.000000116. The van der Waals surface area contributed by atoms with E-state index in [0.29, 0.717) is 0 Å². The summed E-state index contributed by atoms with van der Waals surface area (Å²) in [5, 5.41) is 0. The van der Waals surface area contributed by atoms with Gasteiger partial charge in [-0.25, -0.2) is 18.3 Å². The maximum Gasteiger partial charge on any atom is 0.478 e. The molecule has 128 valence electrons. The molecule has 0 radical (unpaired) electrons. The van der Waals surface area contributed by atoms with Gasteiger partial charge in [-0.05, 0) is 0 Å². The first-order chi connectivity index (χ1) is 7.41. The molecule has 0 aliphatic carbocycles. The fourth-order valence-corrected chi connectivity index (χ4v) is 2.49. The van der Waals surface area contributed by atoms with Gasteiger partial charge in [0.15, 0.2) is 0 Å². The van der Waals surface area contributed by atoms with Crippen molar-refractivity contribution in [3.05, 3.63) is 0 Å². The Morgan fingerprint density at radius 2 is 0.550 bits per heavy atom. The second-order valence-corrected chi connectivity index (χ2v) is 7.36. The molecular formula is H8Fe2O14P4. The molecule has 0 heterocycles. The van der Waals surface area contributed by atoms with Crippen molar-refractivity contribution in [2.45, 2.75) is 0 Å². The molecule has 0 aromatic heterocycles. The minimum absolute atomic E-state index is 0. The van der Waals surface area contributed by atoms with Gasteiger partial charge in [-0.15, -0.1) is 0 Å². The molecule has 0 saturated heterocycles. The van der Waals surface area contributed by atoms with E-state index in [1.165, 1.54) is 0 Å². The Morgan fingerprint density at radius 1 is 0.450 bits per heavy atom. The van der Waals surface area contributed by atoms with Crippen molar-refractivity contribution in [3.63, 3.8) is 0 Å². The van der Waals surface area contributed by atoms with Gasteiger partial charge in [0.1, 0.15) is 0 Å². The first kappa shape index (κ1) is 29.6. The summed E-state index contributed by atoms with van der Waals surface area (Å²) in [4.78, 5) is 62.0. The molecule has 20 heavy (non-hydrogen) atoms. The number of hydrogen-bond acceptors (Lipinski definition) is 6. The molecule has 0 aromatic carbocycles. The van der Waals surface area contributed by atoms with Gasteiger partial charge in [0, 0.05) is 34.1 Å². The quantitative estimate of drug-likeness (QED) is 0.171. The predicted octanol–water partition coefficient (Wildman–Crippen LogP) is -1.63. The summed E-state index contributed by atoms with van der Waals surface area (Å²) >= 11 is 0. The van der Waals surface area contributed by atoms with Crippen molar-refractivity contribution in [1.29, 1.82) is 0 Å². The van der Waals surface area contributed by atoms with Crippen LogP contribution in [0.4, 0.5) is 0 Å². The average molecular weight is 468 g/mol. The Labute approximate surface area is 131 Å². The maximum absolute atomic E-state index is 9.63. The van der Waals surface area contributed by atoms with Gasteiger partial charge < -0.3 is 39.1 Å². The molecule has 20 heteroatoms. The minimum atomic E-state index is -5.05. The van der Waals surface area contributed by atoms with Crippen LogP contribution in [0.5, 0.6) is 0 Å². The summed E-state index contributed by atoms with van der Waals surface area (Å²) in [6.07, 6.45) is 0. The third-order valence-corrected chi connectivity index (χ3v) is 3.83. The van der Waals surface area contributed by atoms with Crippen LogP contribution in [0.1, 0.15) is 0 Å². The zero-order chi connectivity index (χ0) is 15.4. The summed E-state index contributed by atoms with van der Waals surface area (Å²) in [7, 11) is -20.2. The van der Waals surface area contributed by atoms with E-state index in [-0.39, 0.29) is 34.1 Å². The third kappa shape index (κ3) is 36.6. The minimum Gasteiger partial charge on any atom is -0.302 e. The molecule has 0 spiro atoms. The van der Waals surface area contributed by atoms with Crippen LogP contribution < -0.4 is 0 Å². The van der Waals surface area contributed by atoms with Gasteiger partial charge in [-0.3, -0.25) is 0 Å². The molecule has 14 nitrogen and oxygen atoms in total. The topological polar surface area (TPSA) is 249 Å². The molecular weight excluding hydrogens is 460 g/mol. The van der Waals surface area contributed by atoms with E-state index in [1.54, 1.807) is 0 Å². The second kappa shape index (κ2) is 10.4. The molecule has 0 saturated carbocycles. The summed E-state index contributed by atoms with van der Waals surface area (Å²) in [6, 6.07) is 0. The monoisotopic (exact) mass is 468 g/mol. The van der Waals surface area contributed by atoms with Crippen LogP contribution in [0.25, 0.3) is 0 Å². The van der Waals surface area contributed by atoms with E-state index < -0.39 is 31.3 Å². The van der Waals surface area contributed by atoms with E-state index in [1.807, 2.05) is 0 Å².